The third kappa shape index (κ3) is 8.09. The van der Waals surface area contributed by atoms with Crippen molar-refractivity contribution in [1.29, 1.82) is 0 Å². The second-order valence-electron chi connectivity index (χ2n) is 13.8. The molecule has 0 spiro atoms. The summed E-state index contributed by atoms with van der Waals surface area (Å²) in [7, 11) is 0. The number of benzene rings is 6. The van der Waals surface area contributed by atoms with E-state index in [2.05, 4.69) is 175 Å². The van der Waals surface area contributed by atoms with E-state index in [4.69, 9.17) is 9.47 Å². The molecule has 0 radical (unpaired) electrons. The quantitative estimate of drug-likeness (QED) is 0.134. The van der Waals surface area contributed by atoms with Crippen LogP contribution in [0.25, 0.3) is 11.1 Å². The summed E-state index contributed by atoms with van der Waals surface area (Å²) in [6.45, 7) is 4.17. The molecule has 0 amide bonds. The molecule has 0 N–H and O–H groups in total. The van der Waals surface area contributed by atoms with E-state index >= 15 is 0 Å². The zero-order chi connectivity index (χ0) is 36.7. The Morgan fingerprint density at radius 2 is 1.06 bits per heavy atom. The number of para-hydroxylation sites is 1. The van der Waals surface area contributed by atoms with Crippen LogP contribution in [0, 0.1) is 13.8 Å². The molecule has 0 bridgehead atoms. The highest BCUT2D eigenvalue weighted by Gasteiger charge is 2.19. The van der Waals surface area contributed by atoms with Gasteiger partial charge in [0, 0.05) is 40.6 Å². The molecule has 54 heavy (non-hydrogen) atoms. The average Bonchev–Trinajstić information content (AvgIpc) is 3.22. The van der Waals surface area contributed by atoms with Gasteiger partial charge in [-0.05, 0) is 141 Å². The lowest BCUT2D eigenvalue weighted by atomic mass is 10.0. The summed E-state index contributed by atoms with van der Waals surface area (Å²) in [6.07, 6.45) is 16.0. The largest absolute Gasteiger partial charge is 0.486 e. The fraction of sp³-hybridized carbons (Fsp3) is 0.120. The lowest BCUT2D eigenvalue weighted by molar-refractivity contribution is 0.251. The van der Waals surface area contributed by atoms with Crippen LogP contribution in [-0.4, -0.2) is 6.10 Å². The number of hydrogen-bond donors (Lipinski definition) is 0. The molecule has 1 atom stereocenters. The second-order valence-corrected chi connectivity index (χ2v) is 13.8. The first kappa shape index (κ1) is 34.6. The Balaban J connectivity index is 1.01. The smallest absolute Gasteiger partial charge is 0.127 e. The van der Waals surface area contributed by atoms with Crippen molar-refractivity contribution in [2.24, 2.45) is 0 Å². The number of nitrogens with zero attached hydrogens (tertiary/aromatic N) is 2. The summed E-state index contributed by atoms with van der Waals surface area (Å²) in [5.74, 6) is 2.55. The second kappa shape index (κ2) is 16.0. The van der Waals surface area contributed by atoms with Gasteiger partial charge in [0.05, 0.1) is 0 Å². The molecule has 0 aromatic heterocycles. The van der Waals surface area contributed by atoms with Gasteiger partial charge in [0.1, 0.15) is 23.4 Å². The third-order valence-electron chi connectivity index (χ3n) is 9.84. The van der Waals surface area contributed by atoms with Crippen LogP contribution in [0.3, 0.4) is 0 Å². The van der Waals surface area contributed by atoms with Crippen molar-refractivity contribution in [3.63, 3.8) is 0 Å². The summed E-state index contributed by atoms with van der Waals surface area (Å²) in [6, 6.07) is 53.1. The molecule has 8 rings (SSSR count). The summed E-state index contributed by atoms with van der Waals surface area (Å²) >= 11 is 0. The van der Waals surface area contributed by atoms with Crippen molar-refractivity contribution in [2.75, 3.05) is 9.80 Å². The highest BCUT2D eigenvalue weighted by Crippen LogP contribution is 2.37. The molecule has 6 aromatic carbocycles. The number of hydrogen-bond acceptors (Lipinski definition) is 4. The predicted octanol–water partition coefficient (Wildman–Crippen LogP) is 13.6. The third-order valence-corrected chi connectivity index (χ3v) is 9.84. The Morgan fingerprint density at radius 3 is 1.59 bits per heavy atom. The predicted molar refractivity (Wildman–Crippen MR) is 224 cm³/mol. The minimum atomic E-state index is -0.00123. The molecule has 4 nitrogen and oxygen atoms in total. The summed E-state index contributed by atoms with van der Waals surface area (Å²) < 4.78 is 12.4. The van der Waals surface area contributed by atoms with Crippen LogP contribution in [0.15, 0.2) is 200 Å². The molecule has 1 unspecified atom stereocenters. The average molecular weight is 705 g/mol. The van der Waals surface area contributed by atoms with Crippen LogP contribution >= 0.6 is 0 Å². The van der Waals surface area contributed by atoms with Gasteiger partial charge in [0.25, 0.3) is 0 Å². The van der Waals surface area contributed by atoms with E-state index in [1.54, 1.807) is 0 Å². The molecule has 2 aliphatic rings. The van der Waals surface area contributed by atoms with Crippen LogP contribution in [0.5, 0.6) is 17.2 Å². The number of aryl methyl sites for hydroxylation is 2. The topological polar surface area (TPSA) is 24.9 Å². The molecule has 2 aliphatic carbocycles. The lowest BCUT2D eigenvalue weighted by Crippen LogP contribution is -2.21. The van der Waals surface area contributed by atoms with Crippen LogP contribution < -0.4 is 19.3 Å². The molecule has 0 heterocycles. The molecule has 0 fully saturated rings. The maximum atomic E-state index is 6.26. The number of ether oxygens (including phenoxy) is 2. The summed E-state index contributed by atoms with van der Waals surface area (Å²) in [5.41, 5.74) is 11.6. The molecule has 0 aliphatic heterocycles. The molecule has 0 saturated carbocycles. The highest BCUT2D eigenvalue weighted by molar-refractivity contribution is 5.76. The number of anilines is 4. The fourth-order valence-corrected chi connectivity index (χ4v) is 6.93. The van der Waals surface area contributed by atoms with Gasteiger partial charge in [0.15, 0.2) is 0 Å². The molecular formula is C50H44N2O2. The van der Waals surface area contributed by atoms with Crippen LogP contribution in [0.1, 0.15) is 30.4 Å². The van der Waals surface area contributed by atoms with Crippen molar-refractivity contribution in [2.45, 2.75) is 39.2 Å². The van der Waals surface area contributed by atoms with Crippen LogP contribution in [0.2, 0.25) is 0 Å². The molecule has 0 saturated heterocycles. The molecular weight excluding hydrogens is 661 g/mol. The zero-order valence-corrected chi connectivity index (χ0v) is 30.8. The van der Waals surface area contributed by atoms with Crippen LogP contribution in [0.4, 0.5) is 22.7 Å². The van der Waals surface area contributed by atoms with E-state index in [9.17, 15) is 0 Å². The summed E-state index contributed by atoms with van der Waals surface area (Å²) in [5, 5.41) is 0. The standard InChI is InChI=1S/C50H44N2O2/c1-37-13-29-47(30-14-37)53-49-33-25-45(26-34-49)51(41-9-5-3-6-10-41)43-21-17-39(18-22-43)40-19-23-44(24-20-40)52(42-11-7-4-8-12-42)46-27-35-50(36-28-46)54-48-31-15-38(2)16-32-48/h3-7,9-11,13-33,35-36,49H,8,12,34H2,1-2H3. The Morgan fingerprint density at radius 1 is 0.537 bits per heavy atom. The normalized spacial score (nSPS) is 14.9. The minimum absolute atomic E-state index is 0.00123. The van der Waals surface area contributed by atoms with Gasteiger partial charge < -0.3 is 19.3 Å². The van der Waals surface area contributed by atoms with Crippen molar-refractivity contribution in [3.05, 3.63) is 211 Å². The monoisotopic (exact) mass is 704 g/mol. The molecule has 4 heteroatoms. The van der Waals surface area contributed by atoms with Crippen molar-refractivity contribution >= 4 is 22.7 Å². The maximum absolute atomic E-state index is 6.26. The Bertz CT molecular complexity index is 2280. The van der Waals surface area contributed by atoms with E-state index in [1.807, 2.05) is 36.4 Å². The Kier molecular flexibility index (Phi) is 10.2. The molecule has 6 aromatic rings. The van der Waals surface area contributed by atoms with Gasteiger partial charge in [-0.2, -0.15) is 0 Å². The fourth-order valence-electron chi connectivity index (χ4n) is 6.93. The molecule has 266 valence electrons. The first-order chi connectivity index (χ1) is 26.6. The Hall–Kier alpha value is -6.52. The van der Waals surface area contributed by atoms with Crippen LogP contribution in [-0.2, 0) is 0 Å². The summed E-state index contributed by atoms with van der Waals surface area (Å²) in [4.78, 5) is 4.67. The van der Waals surface area contributed by atoms with E-state index in [0.717, 1.165) is 65.0 Å². The lowest BCUT2D eigenvalue weighted by Gasteiger charge is -2.29. The van der Waals surface area contributed by atoms with E-state index in [0.29, 0.717) is 0 Å². The first-order valence-corrected chi connectivity index (χ1v) is 18.7. The van der Waals surface area contributed by atoms with Gasteiger partial charge in [-0.25, -0.2) is 0 Å². The van der Waals surface area contributed by atoms with Gasteiger partial charge >= 0.3 is 0 Å². The number of allylic oxidation sites excluding steroid dienone is 5. The van der Waals surface area contributed by atoms with E-state index in [1.165, 1.54) is 28.0 Å². The first-order valence-electron chi connectivity index (χ1n) is 18.7. The Labute approximate surface area is 319 Å². The van der Waals surface area contributed by atoms with E-state index in [-0.39, 0.29) is 6.10 Å². The van der Waals surface area contributed by atoms with Gasteiger partial charge in [-0.1, -0.05) is 96.1 Å². The van der Waals surface area contributed by atoms with Gasteiger partial charge in [-0.15, -0.1) is 0 Å². The maximum Gasteiger partial charge on any atom is 0.127 e. The van der Waals surface area contributed by atoms with Crippen molar-refractivity contribution < 1.29 is 9.47 Å². The van der Waals surface area contributed by atoms with Crippen molar-refractivity contribution in [3.8, 4) is 28.4 Å². The SMILES string of the molecule is Cc1ccc(Oc2ccc(N(C3=CC=CCC3)c3ccc(-c4ccc(N(C5=CCC(Oc6ccc(C)cc6)C=C5)c5ccccc5)cc4)cc3)cc2)cc1. The van der Waals surface area contributed by atoms with E-state index < -0.39 is 0 Å². The van der Waals surface area contributed by atoms with Gasteiger partial charge in [0.2, 0.25) is 0 Å². The number of rotatable bonds is 11. The van der Waals surface area contributed by atoms with Crippen molar-refractivity contribution in [1.82, 2.24) is 0 Å². The van der Waals surface area contributed by atoms with Gasteiger partial charge in [-0.3, -0.25) is 0 Å². The minimum Gasteiger partial charge on any atom is -0.486 e. The highest BCUT2D eigenvalue weighted by atomic mass is 16.5. The zero-order valence-electron chi connectivity index (χ0n) is 30.8.